The number of aromatic nitrogens is 1. The highest BCUT2D eigenvalue weighted by molar-refractivity contribution is 7.13. The second kappa shape index (κ2) is 4.45. The number of carbonyl (C=O) groups is 1. The van der Waals surface area contributed by atoms with Crippen LogP contribution in [0.4, 0.5) is 5.13 Å². The molecule has 0 radical (unpaired) electrons. The molecule has 0 unspecified atom stereocenters. The largest absolute Gasteiger partial charge is 0.375 e. The van der Waals surface area contributed by atoms with Crippen molar-refractivity contribution in [1.82, 2.24) is 4.98 Å². The molecule has 0 spiro atoms. The zero-order chi connectivity index (χ0) is 11.5. The summed E-state index contributed by atoms with van der Waals surface area (Å²) in [6, 6.07) is 7.55. The third kappa shape index (κ3) is 2.46. The van der Waals surface area contributed by atoms with E-state index in [0.717, 1.165) is 16.8 Å². The van der Waals surface area contributed by atoms with E-state index in [4.69, 9.17) is 5.73 Å². The number of rotatable bonds is 3. The lowest BCUT2D eigenvalue weighted by atomic mass is 10.1. The van der Waals surface area contributed by atoms with Crippen LogP contribution in [-0.4, -0.2) is 10.8 Å². The maximum absolute atomic E-state index is 11.9. The molecule has 0 aliphatic heterocycles. The first kappa shape index (κ1) is 10.8. The zero-order valence-electron chi connectivity index (χ0n) is 8.93. The van der Waals surface area contributed by atoms with Gasteiger partial charge >= 0.3 is 0 Å². The fourth-order valence-corrected chi connectivity index (χ4v) is 1.97. The number of nitrogens with two attached hydrogens (primary N) is 1. The average molecular weight is 232 g/mol. The maximum Gasteiger partial charge on any atom is 0.180 e. The Morgan fingerprint density at radius 2 is 2.06 bits per heavy atom. The Morgan fingerprint density at radius 1 is 1.38 bits per heavy atom. The molecule has 0 amide bonds. The van der Waals surface area contributed by atoms with Gasteiger partial charge in [0.05, 0.1) is 12.1 Å². The van der Waals surface area contributed by atoms with Crippen molar-refractivity contribution in [1.29, 1.82) is 0 Å². The van der Waals surface area contributed by atoms with Crippen molar-refractivity contribution in [2.45, 2.75) is 13.3 Å². The van der Waals surface area contributed by atoms with E-state index >= 15 is 0 Å². The molecule has 0 atom stereocenters. The van der Waals surface area contributed by atoms with Crippen molar-refractivity contribution in [3.63, 3.8) is 0 Å². The van der Waals surface area contributed by atoms with Gasteiger partial charge in [-0.25, -0.2) is 4.98 Å². The van der Waals surface area contributed by atoms with Gasteiger partial charge in [0.1, 0.15) is 0 Å². The van der Waals surface area contributed by atoms with E-state index in [1.165, 1.54) is 11.3 Å². The number of nitrogens with zero attached hydrogens (tertiary/aromatic N) is 1. The molecule has 1 aromatic heterocycles. The first-order chi connectivity index (χ1) is 7.65. The molecule has 0 saturated heterocycles. The molecule has 2 aromatic rings. The lowest BCUT2D eigenvalue weighted by Gasteiger charge is -1.99. The SMILES string of the molecule is Cc1ccc(C(=O)Cc2csc(N)n2)cc1. The maximum atomic E-state index is 11.9. The van der Waals surface area contributed by atoms with Crippen LogP contribution < -0.4 is 5.73 Å². The summed E-state index contributed by atoms with van der Waals surface area (Å²) in [4.78, 5) is 15.9. The number of Topliss-reactive ketones (excluding diaryl/α,β-unsaturated/α-hetero) is 1. The van der Waals surface area contributed by atoms with Crippen LogP contribution in [0.1, 0.15) is 21.6 Å². The lowest BCUT2D eigenvalue weighted by Crippen LogP contribution is -2.03. The Balaban J connectivity index is 2.11. The molecule has 0 saturated carbocycles. The summed E-state index contributed by atoms with van der Waals surface area (Å²) in [7, 11) is 0. The molecular formula is C12H12N2OS. The van der Waals surface area contributed by atoms with Crippen molar-refractivity contribution in [3.8, 4) is 0 Å². The second-order valence-corrected chi connectivity index (χ2v) is 4.53. The van der Waals surface area contributed by atoms with Gasteiger partial charge in [-0.15, -0.1) is 11.3 Å². The van der Waals surface area contributed by atoms with Gasteiger partial charge in [0, 0.05) is 10.9 Å². The van der Waals surface area contributed by atoms with Crippen LogP contribution in [0, 0.1) is 6.92 Å². The monoisotopic (exact) mass is 232 g/mol. The summed E-state index contributed by atoms with van der Waals surface area (Å²) in [5.41, 5.74) is 8.12. The van der Waals surface area contributed by atoms with Crippen LogP contribution in [0.5, 0.6) is 0 Å². The van der Waals surface area contributed by atoms with Crippen molar-refractivity contribution in [3.05, 3.63) is 46.5 Å². The highest BCUT2D eigenvalue weighted by atomic mass is 32.1. The summed E-state index contributed by atoms with van der Waals surface area (Å²) < 4.78 is 0. The van der Waals surface area contributed by atoms with Crippen molar-refractivity contribution in [2.75, 3.05) is 5.73 Å². The van der Waals surface area contributed by atoms with Crippen LogP contribution in [0.3, 0.4) is 0 Å². The van der Waals surface area contributed by atoms with Gasteiger partial charge in [-0.05, 0) is 6.92 Å². The van der Waals surface area contributed by atoms with Gasteiger partial charge in [0.2, 0.25) is 0 Å². The zero-order valence-corrected chi connectivity index (χ0v) is 9.75. The minimum Gasteiger partial charge on any atom is -0.375 e. The molecule has 1 aromatic carbocycles. The highest BCUT2D eigenvalue weighted by Gasteiger charge is 2.08. The van der Waals surface area contributed by atoms with E-state index < -0.39 is 0 Å². The van der Waals surface area contributed by atoms with E-state index in [-0.39, 0.29) is 5.78 Å². The number of ketones is 1. The minimum atomic E-state index is 0.0744. The molecule has 0 fully saturated rings. The Labute approximate surface area is 97.9 Å². The number of anilines is 1. The molecule has 1 heterocycles. The summed E-state index contributed by atoms with van der Waals surface area (Å²) in [6.45, 7) is 2.00. The van der Waals surface area contributed by atoms with Gasteiger partial charge < -0.3 is 5.73 Å². The number of thiazole rings is 1. The number of hydrogen-bond donors (Lipinski definition) is 1. The number of nitrogen functional groups attached to an aromatic ring is 1. The number of benzene rings is 1. The van der Waals surface area contributed by atoms with Gasteiger partial charge in [-0.1, -0.05) is 29.8 Å². The molecule has 82 valence electrons. The molecule has 0 aliphatic rings. The third-order valence-electron chi connectivity index (χ3n) is 2.28. The predicted molar refractivity (Wildman–Crippen MR) is 65.7 cm³/mol. The number of aryl methyl sites for hydroxylation is 1. The van der Waals surface area contributed by atoms with E-state index in [1.807, 2.05) is 36.6 Å². The van der Waals surface area contributed by atoms with Crippen LogP contribution in [0.2, 0.25) is 0 Å². The molecular weight excluding hydrogens is 220 g/mol. The normalized spacial score (nSPS) is 10.3. The predicted octanol–water partition coefficient (Wildman–Crippen LogP) is 2.46. The first-order valence-corrected chi connectivity index (χ1v) is 5.83. The summed E-state index contributed by atoms with van der Waals surface area (Å²) >= 11 is 1.36. The van der Waals surface area contributed by atoms with Crippen LogP contribution >= 0.6 is 11.3 Å². The number of hydrogen-bond acceptors (Lipinski definition) is 4. The number of carbonyl (C=O) groups excluding carboxylic acids is 1. The smallest absolute Gasteiger partial charge is 0.180 e. The van der Waals surface area contributed by atoms with E-state index in [2.05, 4.69) is 4.98 Å². The first-order valence-electron chi connectivity index (χ1n) is 4.95. The third-order valence-corrected chi connectivity index (χ3v) is 3.01. The Kier molecular flexibility index (Phi) is 3.01. The Bertz CT molecular complexity index is 502. The quantitative estimate of drug-likeness (QED) is 0.827. The molecule has 16 heavy (non-hydrogen) atoms. The van der Waals surface area contributed by atoms with E-state index in [0.29, 0.717) is 11.6 Å². The molecule has 0 aliphatic carbocycles. The van der Waals surface area contributed by atoms with Crippen molar-refractivity contribution < 1.29 is 4.79 Å². The van der Waals surface area contributed by atoms with Crippen LogP contribution in [0.15, 0.2) is 29.6 Å². The summed E-state index contributed by atoms with van der Waals surface area (Å²) in [5.74, 6) is 0.0744. The lowest BCUT2D eigenvalue weighted by molar-refractivity contribution is 0.0992. The average Bonchev–Trinajstić information content (AvgIpc) is 2.65. The molecule has 2 N–H and O–H groups in total. The minimum absolute atomic E-state index is 0.0744. The Morgan fingerprint density at radius 3 is 2.62 bits per heavy atom. The fraction of sp³-hybridized carbons (Fsp3) is 0.167. The molecule has 2 rings (SSSR count). The van der Waals surface area contributed by atoms with Gasteiger partial charge in [-0.3, -0.25) is 4.79 Å². The van der Waals surface area contributed by atoms with Crippen molar-refractivity contribution >= 4 is 22.3 Å². The van der Waals surface area contributed by atoms with E-state index in [1.54, 1.807) is 0 Å². The van der Waals surface area contributed by atoms with Crippen LogP contribution in [-0.2, 0) is 6.42 Å². The van der Waals surface area contributed by atoms with Gasteiger partial charge in [0.25, 0.3) is 0 Å². The highest BCUT2D eigenvalue weighted by Crippen LogP contribution is 2.14. The molecule has 4 heteroatoms. The second-order valence-electron chi connectivity index (χ2n) is 3.64. The topological polar surface area (TPSA) is 56.0 Å². The van der Waals surface area contributed by atoms with Gasteiger partial charge in [-0.2, -0.15) is 0 Å². The Hall–Kier alpha value is -1.68. The van der Waals surface area contributed by atoms with Gasteiger partial charge in [0.15, 0.2) is 10.9 Å². The van der Waals surface area contributed by atoms with E-state index in [9.17, 15) is 4.79 Å². The summed E-state index contributed by atoms with van der Waals surface area (Å²) in [6.07, 6.45) is 0.316. The molecule has 3 nitrogen and oxygen atoms in total. The van der Waals surface area contributed by atoms with Crippen LogP contribution in [0.25, 0.3) is 0 Å². The van der Waals surface area contributed by atoms with Crippen molar-refractivity contribution in [2.24, 2.45) is 0 Å². The molecule has 0 bridgehead atoms. The standard InChI is InChI=1S/C12H12N2OS/c1-8-2-4-9(5-3-8)11(15)6-10-7-16-12(13)14-10/h2-5,7H,6H2,1H3,(H2,13,14). The fourth-order valence-electron chi connectivity index (χ4n) is 1.41. The summed E-state index contributed by atoms with van der Waals surface area (Å²) in [5, 5.41) is 2.33.